The first-order valence-electron chi connectivity index (χ1n) is 6.40. The number of hydrogen-bond acceptors (Lipinski definition) is 2. The molecule has 0 fully saturated rings. The van der Waals surface area contributed by atoms with Crippen molar-refractivity contribution in [3.8, 4) is 0 Å². The number of nitrogens with one attached hydrogen (secondary N) is 1. The molecule has 4 heteroatoms. The van der Waals surface area contributed by atoms with Crippen molar-refractivity contribution in [2.75, 3.05) is 6.54 Å². The maximum Gasteiger partial charge on any atom is 0.312 e. The highest BCUT2D eigenvalue weighted by Gasteiger charge is 2.18. The van der Waals surface area contributed by atoms with Crippen LogP contribution in [-0.2, 0) is 11.3 Å². The Morgan fingerprint density at radius 1 is 1.15 bits per heavy atom. The molecule has 20 heavy (non-hydrogen) atoms. The maximum absolute atomic E-state index is 11.3. The van der Waals surface area contributed by atoms with Crippen LogP contribution in [-0.4, -0.2) is 17.6 Å². The van der Waals surface area contributed by atoms with Crippen LogP contribution >= 0.6 is 11.6 Å². The molecular weight excluding hydrogens is 274 g/mol. The zero-order valence-corrected chi connectivity index (χ0v) is 11.7. The normalized spacial score (nSPS) is 12.1. The van der Waals surface area contributed by atoms with Crippen LogP contribution in [0.25, 0.3) is 0 Å². The lowest BCUT2D eigenvalue weighted by molar-refractivity contribution is -0.138. The van der Waals surface area contributed by atoms with Gasteiger partial charge < -0.3 is 10.4 Å². The van der Waals surface area contributed by atoms with E-state index in [1.54, 1.807) is 0 Å². The fourth-order valence-corrected chi connectivity index (χ4v) is 2.25. The molecule has 0 aliphatic heterocycles. The number of halogens is 1. The largest absolute Gasteiger partial charge is 0.481 e. The number of hydrogen-bond donors (Lipinski definition) is 2. The predicted molar refractivity (Wildman–Crippen MR) is 80.0 cm³/mol. The van der Waals surface area contributed by atoms with Crippen molar-refractivity contribution in [3.63, 3.8) is 0 Å². The van der Waals surface area contributed by atoms with Gasteiger partial charge in [-0.3, -0.25) is 4.79 Å². The molecule has 2 N–H and O–H groups in total. The Labute approximate surface area is 123 Å². The molecule has 0 saturated heterocycles. The van der Waals surface area contributed by atoms with Crippen LogP contribution in [0.15, 0.2) is 54.6 Å². The molecule has 0 radical (unpaired) electrons. The lowest BCUT2D eigenvalue weighted by atomic mass is 9.99. The van der Waals surface area contributed by atoms with Gasteiger partial charge >= 0.3 is 5.97 Å². The van der Waals surface area contributed by atoms with Crippen LogP contribution < -0.4 is 5.32 Å². The molecule has 0 aliphatic carbocycles. The van der Waals surface area contributed by atoms with Gasteiger partial charge in [0.05, 0.1) is 5.92 Å². The van der Waals surface area contributed by atoms with E-state index >= 15 is 0 Å². The second-order valence-corrected chi connectivity index (χ2v) is 5.00. The quantitative estimate of drug-likeness (QED) is 0.858. The Bertz CT molecular complexity index is 572. The standard InChI is InChI=1S/C16H16ClNO2/c17-14-8-4-5-12(9-14)10-18-11-15(16(19)20)13-6-2-1-3-7-13/h1-9,15,18H,10-11H2,(H,19,20). The summed E-state index contributed by atoms with van der Waals surface area (Å²) in [7, 11) is 0. The lowest BCUT2D eigenvalue weighted by Gasteiger charge is -2.14. The van der Waals surface area contributed by atoms with Crippen molar-refractivity contribution in [1.82, 2.24) is 5.32 Å². The minimum Gasteiger partial charge on any atom is -0.481 e. The molecule has 2 aromatic carbocycles. The van der Waals surface area contributed by atoms with Crippen LogP contribution in [0.5, 0.6) is 0 Å². The highest BCUT2D eigenvalue weighted by Crippen LogP contribution is 2.15. The van der Waals surface area contributed by atoms with E-state index in [0.717, 1.165) is 11.1 Å². The molecule has 0 heterocycles. The van der Waals surface area contributed by atoms with Gasteiger partial charge in [-0.25, -0.2) is 0 Å². The van der Waals surface area contributed by atoms with Crippen LogP contribution in [0.2, 0.25) is 5.02 Å². The average Bonchev–Trinajstić information content (AvgIpc) is 2.44. The van der Waals surface area contributed by atoms with Gasteiger partial charge in [-0.15, -0.1) is 0 Å². The third-order valence-electron chi connectivity index (χ3n) is 3.07. The molecule has 0 spiro atoms. The van der Waals surface area contributed by atoms with Gasteiger partial charge in [0.25, 0.3) is 0 Å². The van der Waals surface area contributed by atoms with E-state index in [2.05, 4.69) is 5.32 Å². The van der Waals surface area contributed by atoms with E-state index in [4.69, 9.17) is 11.6 Å². The van der Waals surface area contributed by atoms with Gasteiger partial charge in [-0.05, 0) is 23.3 Å². The SMILES string of the molecule is O=C(O)C(CNCc1cccc(Cl)c1)c1ccccc1. The van der Waals surface area contributed by atoms with Gasteiger partial charge in [0.15, 0.2) is 0 Å². The van der Waals surface area contributed by atoms with Crippen molar-refractivity contribution >= 4 is 17.6 Å². The van der Waals surface area contributed by atoms with E-state index in [9.17, 15) is 9.90 Å². The van der Waals surface area contributed by atoms with E-state index in [1.807, 2.05) is 54.6 Å². The predicted octanol–water partition coefficient (Wildman–Crippen LogP) is 3.30. The van der Waals surface area contributed by atoms with Crippen molar-refractivity contribution in [3.05, 3.63) is 70.7 Å². The van der Waals surface area contributed by atoms with Crippen LogP contribution in [0.1, 0.15) is 17.0 Å². The summed E-state index contributed by atoms with van der Waals surface area (Å²) in [6.07, 6.45) is 0. The topological polar surface area (TPSA) is 49.3 Å². The molecule has 0 aliphatic rings. The van der Waals surface area contributed by atoms with Gasteiger partial charge in [-0.2, -0.15) is 0 Å². The molecule has 2 aromatic rings. The summed E-state index contributed by atoms with van der Waals surface area (Å²) in [6.45, 7) is 0.975. The first-order valence-corrected chi connectivity index (χ1v) is 6.77. The number of carboxylic acid groups (broad SMARTS) is 1. The maximum atomic E-state index is 11.3. The molecule has 0 amide bonds. The zero-order chi connectivity index (χ0) is 14.4. The molecule has 0 aromatic heterocycles. The van der Waals surface area contributed by atoms with Crippen molar-refractivity contribution in [2.24, 2.45) is 0 Å². The van der Waals surface area contributed by atoms with Crippen molar-refractivity contribution in [2.45, 2.75) is 12.5 Å². The molecule has 3 nitrogen and oxygen atoms in total. The molecule has 2 rings (SSSR count). The number of carbonyl (C=O) groups is 1. The fraction of sp³-hybridized carbons (Fsp3) is 0.188. The summed E-state index contributed by atoms with van der Waals surface area (Å²) >= 11 is 5.91. The zero-order valence-electron chi connectivity index (χ0n) is 10.9. The first-order chi connectivity index (χ1) is 9.66. The Morgan fingerprint density at radius 3 is 2.55 bits per heavy atom. The van der Waals surface area contributed by atoms with E-state index in [0.29, 0.717) is 18.1 Å². The number of carboxylic acids is 1. The summed E-state index contributed by atoms with van der Waals surface area (Å²) in [5.41, 5.74) is 1.84. The monoisotopic (exact) mass is 289 g/mol. The van der Waals surface area contributed by atoms with Crippen LogP contribution in [0.4, 0.5) is 0 Å². The minimum atomic E-state index is -0.824. The third kappa shape index (κ3) is 4.08. The molecule has 104 valence electrons. The second-order valence-electron chi connectivity index (χ2n) is 4.56. The summed E-state index contributed by atoms with van der Waals surface area (Å²) in [6, 6.07) is 16.8. The lowest BCUT2D eigenvalue weighted by Crippen LogP contribution is -2.26. The average molecular weight is 290 g/mol. The Balaban J connectivity index is 1.95. The summed E-state index contributed by atoms with van der Waals surface area (Å²) in [4.78, 5) is 11.3. The van der Waals surface area contributed by atoms with Crippen LogP contribution in [0, 0.1) is 0 Å². The highest BCUT2D eigenvalue weighted by atomic mass is 35.5. The molecule has 1 unspecified atom stereocenters. The summed E-state index contributed by atoms with van der Waals surface area (Å²) < 4.78 is 0. The van der Waals surface area contributed by atoms with E-state index in [-0.39, 0.29) is 0 Å². The number of rotatable bonds is 6. The van der Waals surface area contributed by atoms with E-state index in [1.165, 1.54) is 0 Å². The molecule has 0 bridgehead atoms. The van der Waals surface area contributed by atoms with Crippen LogP contribution in [0.3, 0.4) is 0 Å². The number of benzene rings is 2. The Hall–Kier alpha value is -1.84. The molecule has 1 atom stereocenters. The second kappa shape index (κ2) is 7.08. The molecular formula is C16H16ClNO2. The smallest absolute Gasteiger partial charge is 0.312 e. The van der Waals surface area contributed by atoms with Gasteiger partial charge in [0.2, 0.25) is 0 Å². The van der Waals surface area contributed by atoms with Crippen molar-refractivity contribution < 1.29 is 9.90 Å². The third-order valence-corrected chi connectivity index (χ3v) is 3.30. The Kier molecular flexibility index (Phi) is 5.16. The van der Waals surface area contributed by atoms with Gasteiger partial charge in [0, 0.05) is 18.1 Å². The first kappa shape index (κ1) is 14.6. The summed E-state index contributed by atoms with van der Waals surface area (Å²) in [5, 5.41) is 13.2. The highest BCUT2D eigenvalue weighted by molar-refractivity contribution is 6.30. The fourth-order valence-electron chi connectivity index (χ4n) is 2.04. The molecule has 0 saturated carbocycles. The number of aliphatic carboxylic acids is 1. The summed E-state index contributed by atoms with van der Waals surface area (Å²) in [5.74, 6) is -1.37. The minimum absolute atomic E-state index is 0.381. The van der Waals surface area contributed by atoms with Gasteiger partial charge in [-0.1, -0.05) is 54.1 Å². The van der Waals surface area contributed by atoms with Gasteiger partial charge in [0.1, 0.15) is 0 Å². The van der Waals surface area contributed by atoms with E-state index < -0.39 is 11.9 Å². The van der Waals surface area contributed by atoms with Crippen molar-refractivity contribution in [1.29, 1.82) is 0 Å². The Morgan fingerprint density at radius 2 is 1.90 bits per heavy atom.